The molecule has 0 N–H and O–H groups in total. The molecule has 0 atom stereocenters. The highest BCUT2D eigenvalue weighted by molar-refractivity contribution is 6.00. The molecule has 3 nitrogen and oxygen atoms in total. The van der Waals surface area contributed by atoms with Gasteiger partial charge in [0.25, 0.3) is 5.56 Å². The lowest BCUT2D eigenvalue weighted by Crippen LogP contribution is -2.34. The average molecular weight is 519 g/mol. The summed E-state index contributed by atoms with van der Waals surface area (Å²) in [5.41, 5.74) is 11.3. The van der Waals surface area contributed by atoms with Crippen molar-refractivity contribution in [1.82, 2.24) is 9.38 Å². The van der Waals surface area contributed by atoms with Gasteiger partial charge in [-0.2, -0.15) is 0 Å². The van der Waals surface area contributed by atoms with Gasteiger partial charge in [0.2, 0.25) is 0 Å². The van der Waals surface area contributed by atoms with Crippen LogP contribution in [0, 0.1) is 0 Å². The Morgan fingerprint density at radius 2 is 1.38 bits per heavy atom. The molecular weight excluding hydrogens is 488 g/mol. The molecule has 6 rings (SSSR count). The molecule has 2 aromatic heterocycles. The molecule has 0 aliphatic heterocycles. The minimum absolute atomic E-state index is 0.0787. The average Bonchev–Trinajstić information content (AvgIpc) is 3.41. The van der Waals surface area contributed by atoms with Gasteiger partial charge in [-0.25, -0.2) is 4.98 Å². The van der Waals surface area contributed by atoms with Crippen LogP contribution in [0.5, 0.6) is 0 Å². The van der Waals surface area contributed by atoms with Crippen molar-refractivity contribution in [3.63, 3.8) is 0 Å². The third kappa shape index (κ3) is 4.07. The lowest BCUT2D eigenvalue weighted by molar-refractivity contribution is 1.11. The van der Waals surface area contributed by atoms with E-state index in [-0.39, 0.29) is 5.56 Å². The number of benzene rings is 4. The minimum Gasteiger partial charge on any atom is -0.268 e. The van der Waals surface area contributed by atoms with Gasteiger partial charge in [0.05, 0.1) is 11.0 Å². The summed E-state index contributed by atoms with van der Waals surface area (Å²) in [4.78, 5) is 19.5. The molecule has 4 aromatic carbocycles. The normalized spacial score (nSPS) is 12.6. The summed E-state index contributed by atoms with van der Waals surface area (Å²) in [6.45, 7) is 10.3. The Morgan fingerprint density at radius 1 is 0.775 bits per heavy atom. The predicted molar refractivity (Wildman–Crippen MR) is 170 cm³/mol. The van der Waals surface area contributed by atoms with Crippen molar-refractivity contribution >= 4 is 40.0 Å². The fraction of sp³-hybridized carbons (Fsp3) is 0.0811. The highest BCUT2D eigenvalue weighted by Gasteiger charge is 2.21. The molecule has 0 amide bonds. The molecule has 0 unspecified atom stereocenters. The van der Waals surface area contributed by atoms with Crippen molar-refractivity contribution in [2.45, 2.75) is 20.8 Å². The number of fused-ring (bicyclic) bond motifs is 3. The molecule has 0 bridgehead atoms. The maximum absolute atomic E-state index is 14.3. The summed E-state index contributed by atoms with van der Waals surface area (Å²) in [5.74, 6) is 0. The van der Waals surface area contributed by atoms with E-state index in [2.05, 4.69) is 69.0 Å². The fourth-order valence-corrected chi connectivity index (χ4v) is 5.64. The number of pyridine rings is 1. The van der Waals surface area contributed by atoms with Gasteiger partial charge in [-0.15, -0.1) is 0 Å². The number of hydrogen-bond acceptors (Lipinski definition) is 2. The SMILES string of the molecule is C=Cc1c(/C(C)=C(\C)c2ccccc2)/c(=C\C)c(=O)n2c1nc1c(-c3ccccc3)cc(-c3ccccc3)cc12. The van der Waals surface area contributed by atoms with Gasteiger partial charge < -0.3 is 0 Å². The molecule has 194 valence electrons. The molecule has 40 heavy (non-hydrogen) atoms. The van der Waals surface area contributed by atoms with E-state index in [0.717, 1.165) is 61.1 Å². The van der Waals surface area contributed by atoms with Crippen LogP contribution in [0.15, 0.2) is 115 Å². The van der Waals surface area contributed by atoms with Crippen molar-refractivity contribution in [1.29, 1.82) is 0 Å². The van der Waals surface area contributed by atoms with Crippen molar-refractivity contribution in [2.75, 3.05) is 0 Å². The lowest BCUT2D eigenvalue weighted by Gasteiger charge is -2.14. The number of nitrogens with zero attached hydrogens (tertiary/aromatic N) is 2. The van der Waals surface area contributed by atoms with Crippen molar-refractivity contribution < 1.29 is 0 Å². The first-order valence-corrected chi connectivity index (χ1v) is 13.5. The highest BCUT2D eigenvalue weighted by Crippen LogP contribution is 2.35. The van der Waals surface area contributed by atoms with Crippen LogP contribution in [0.4, 0.5) is 0 Å². The van der Waals surface area contributed by atoms with Gasteiger partial charge in [0, 0.05) is 21.9 Å². The van der Waals surface area contributed by atoms with E-state index in [9.17, 15) is 4.79 Å². The molecule has 6 aromatic rings. The molecule has 0 radical (unpaired) electrons. The Bertz CT molecular complexity index is 2040. The molecular formula is C37H30N2O. The zero-order valence-corrected chi connectivity index (χ0v) is 23.0. The van der Waals surface area contributed by atoms with Crippen LogP contribution in [-0.4, -0.2) is 9.38 Å². The second-order valence-electron chi connectivity index (χ2n) is 10.0. The van der Waals surface area contributed by atoms with Gasteiger partial charge in [-0.05, 0) is 66.3 Å². The first kappa shape index (κ1) is 25.3. The van der Waals surface area contributed by atoms with Crippen LogP contribution in [0.3, 0.4) is 0 Å². The smallest absolute Gasteiger partial charge is 0.264 e. The minimum atomic E-state index is -0.0787. The van der Waals surface area contributed by atoms with E-state index in [0.29, 0.717) is 10.9 Å². The Morgan fingerprint density at radius 3 is 1.98 bits per heavy atom. The Balaban J connectivity index is 1.77. The van der Waals surface area contributed by atoms with Crippen LogP contribution < -0.4 is 10.8 Å². The van der Waals surface area contributed by atoms with Gasteiger partial charge in [0.15, 0.2) is 0 Å². The topological polar surface area (TPSA) is 34.4 Å². The molecule has 0 spiro atoms. The fourth-order valence-electron chi connectivity index (χ4n) is 5.64. The number of allylic oxidation sites excluding steroid dienone is 2. The number of hydrogen-bond donors (Lipinski definition) is 0. The maximum Gasteiger partial charge on any atom is 0.264 e. The number of imidazole rings is 1. The van der Waals surface area contributed by atoms with E-state index in [1.54, 1.807) is 4.40 Å². The zero-order chi connectivity index (χ0) is 27.8. The Kier molecular flexibility index (Phi) is 6.49. The van der Waals surface area contributed by atoms with Gasteiger partial charge in [-0.1, -0.05) is 110 Å². The quantitative estimate of drug-likeness (QED) is 0.230. The van der Waals surface area contributed by atoms with Crippen molar-refractivity contribution in [3.8, 4) is 22.3 Å². The van der Waals surface area contributed by atoms with Crippen LogP contribution in [-0.2, 0) is 0 Å². The first-order valence-electron chi connectivity index (χ1n) is 13.5. The van der Waals surface area contributed by atoms with Crippen molar-refractivity contribution in [3.05, 3.63) is 142 Å². The largest absolute Gasteiger partial charge is 0.268 e. The standard InChI is InChI=1S/C37H30N2O/c1-5-30-34(25(4)24(3)26-16-10-7-11-17-26)31(6-2)37(40)39-33-23-29(27-18-12-8-13-19-27)22-32(35(33)38-36(30)39)28-20-14-9-15-21-28/h5-23H,1H2,2-4H3/b25-24+,31-6+. The van der Waals surface area contributed by atoms with Crippen LogP contribution in [0.25, 0.3) is 62.2 Å². The lowest BCUT2D eigenvalue weighted by atomic mass is 9.93. The van der Waals surface area contributed by atoms with Gasteiger partial charge >= 0.3 is 0 Å². The third-order valence-corrected chi connectivity index (χ3v) is 7.80. The molecule has 0 fully saturated rings. The summed E-state index contributed by atoms with van der Waals surface area (Å²) in [6, 6.07) is 35.1. The third-order valence-electron chi connectivity index (χ3n) is 7.80. The van der Waals surface area contributed by atoms with E-state index < -0.39 is 0 Å². The van der Waals surface area contributed by atoms with E-state index in [1.165, 1.54) is 0 Å². The van der Waals surface area contributed by atoms with Gasteiger partial charge in [-0.3, -0.25) is 9.20 Å². The van der Waals surface area contributed by atoms with E-state index >= 15 is 0 Å². The number of rotatable bonds is 5. The van der Waals surface area contributed by atoms with E-state index in [1.807, 2.05) is 73.7 Å². The molecule has 0 saturated heterocycles. The predicted octanol–water partition coefficient (Wildman–Crippen LogP) is 8.29. The second-order valence-corrected chi connectivity index (χ2v) is 10.0. The van der Waals surface area contributed by atoms with Gasteiger partial charge in [0.1, 0.15) is 5.65 Å². The zero-order valence-electron chi connectivity index (χ0n) is 23.0. The monoisotopic (exact) mass is 518 g/mol. The molecule has 2 heterocycles. The summed E-state index contributed by atoms with van der Waals surface area (Å²) in [6.07, 6.45) is 3.75. The summed E-state index contributed by atoms with van der Waals surface area (Å²) >= 11 is 0. The highest BCUT2D eigenvalue weighted by atomic mass is 16.1. The van der Waals surface area contributed by atoms with Crippen LogP contribution in [0.2, 0.25) is 0 Å². The molecule has 0 aliphatic carbocycles. The van der Waals surface area contributed by atoms with Crippen LogP contribution >= 0.6 is 0 Å². The van der Waals surface area contributed by atoms with Crippen molar-refractivity contribution in [2.24, 2.45) is 0 Å². The van der Waals surface area contributed by atoms with Crippen LogP contribution in [0.1, 0.15) is 37.5 Å². The second kappa shape index (κ2) is 10.3. The molecule has 3 heteroatoms. The van der Waals surface area contributed by atoms with E-state index in [4.69, 9.17) is 4.98 Å². The maximum atomic E-state index is 14.3. The first-order chi connectivity index (χ1) is 19.5. The number of aromatic nitrogens is 2. The Labute approximate surface area is 234 Å². The summed E-state index contributed by atoms with van der Waals surface area (Å²) < 4.78 is 1.77. The molecule has 0 aliphatic rings. The summed E-state index contributed by atoms with van der Waals surface area (Å²) in [5, 5.41) is 0.654. The molecule has 0 saturated carbocycles. The Hall–Kier alpha value is -5.02. The summed E-state index contributed by atoms with van der Waals surface area (Å²) in [7, 11) is 0.